The lowest BCUT2D eigenvalue weighted by Gasteiger charge is -2.45. The Labute approximate surface area is 203 Å². The van der Waals surface area contributed by atoms with Crippen LogP contribution in [0.2, 0.25) is 0 Å². The Morgan fingerprint density at radius 1 is 1.17 bits per heavy atom. The summed E-state index contributed by atoms with van der Waals surface area (Å²) in [5.41, 5.74) is -3.38. The van der Waals surface area contributed by atoms with Crippen LogP contribution in [-0.2, 0) is 42.9 Å². The minimum atomic E-state index is -1.33. The number of carbonyl (C=O) groups is 5. The first-order valence-corrected chi connectivity index (χ1v) is 12.0. The third-order valence-electron chi connectivity index (χ3n) is 9.10. The fourth-order valence-corrected chi connectivity index (χ4v) is 8.11. The molecule has 1 spiro atoms. The first kappa shape index (κ1) is 23.8. The SMILES string of the molecule is C=C1C[C@]23C[C@@]1(OC(C)=O)CC[C@H]2[C@@]12C=C[C@H](OC(C)=O)[C@@](C)(C(=O)O1)[C@H]2[C@@H]3C(=O)OCC(C)=O. The van der Waals surface area contributed by atoms with Crippen molar-refractivity contribution in [3.8, 4) is 0 Å². The summed E-state index contributed by atoms with van der Waals surface area (Å²) in [6, 6.07) is 0. The predicted molar refractivity (Wildman–Crippen MR) is 118 cm³/mol. The lowest BCUT2D eigenvalue weighted by Crippen LogP contribution is -2.52. The van der Waals surface area contributed by atoms with Crippen molar-refractivity contribution in [2.45, 2.75) is 70.7 Å². The maximum absolute atomic E-state index is 13.8. The van der Waals surface area contributed by atoms with Gasteiger partial charge in [0.2, 0.25) is 0 Å². The number of fused-ring (bicyclic) bond motifs is 1. The van der Waals surface area contributed by atoms with Crippen molar-refractivity contribution in [3.05, 3.63) is 24.3 Å². The normalized spacial score (nSPS) is 44.2. The van der Waals surface area contributed by atoms with Crippen molar-refractivity contribution in [2.24, 2.45) is 28.6 Å². The van der Waals surface area contributed by atoms with Crippen molar-refractivity contribution in [1.29, 1.82) is 0 Å². The molecule has 0 aromatic heterocycles. The van der Waals surface area contributed by atoms with Crippen LogP contribution in [0.5, 0.6) is 0 Å². The molecule has 4 bridgehead atoms. The molecular weight excluding hydrogens is 456 g/mol. The average Bonchev–Trinajstić information content (AvgIpc) is 3.18. The highest BCUT2D eigenvalue weighted by molar-refractivity contribution is 5.88. The summed E-state index contributed by atoms with van der Waals surface area (Å²) in [4.78, 5) is 62.7. The number of hydrogen-bond donors (Lipinski definition) is 0. The fourth-order valence-electron chi connectivity index (χ4n) is 8.11. The Morgan fingerprint density at radius 2 is 1.89 bits per heavy atom. The van der Waals surface area contributed by atoms with Gasteiger partial charge in [0.1, 0.15) is 29.3 Å². The van der Waals surface area contributed by atoms with Gasteiger partial charge >= 0.3 is 23.9 Å². The van der Waals surface area contributed by atoms with Crippen molar-refractivity contribution in [2.75, 3.05) is 6.61 Å². The van der Waals surface area contributed by atoms with E-state index in [0.29, 0.717) is 25.7 Å². The lowest BCUT2D eigenvalue weighted by molar-refractivity contribution is -0.172. The van der Waals surface area contributed by atoms with Crippen molar-refractivity contribution in [1.82, 2.24) is 0 Å². The molecule has 0 aromatic carbocycles. The molecule has 0 N–H and O–H groups in total. The molecule has 4 aliphatic carbocycles. The first-order chi connectivity index (χ1) is 16.3. The van der Waals surface area contributed by atoms with Crippen LogP contribution in [0.15, 0.2) is 24.3 Å². The minimum Gasteiger partial charge on any atom is -0.457 e. The summed E-state index contributed by atoms with van der Waals surface area (Å²) in [6.07, 6.45) is 4.32. The zero-order valence-corrected chi connectivity index (χ0v) is 20.4. The van der Waals surface area contributed by atoms with Crippen LogP contribution in [0.25, 0.3) is 0 Å². The molecule has 35 heavy (non-hydrogen) atoms. The number of ether oxygens (including phenoxy) is 4. The fraction of sp³-hybridized carbons (Fsp3) is 0.654. The summed E-state index contributed by atoms with van der Waals surface area (Å²) >= 11 is 0. The number of Topliss-reactive ketones (excluding diaryl/α,β-unsaturated/α-hetero) is 1. The largest absolute Gasteiger partial charge is 0.457 e. The lowest BCUT2D eigenvalue weighted by atomic mass is 9.61. The second-order valence-corrected chi connectivity index (χ2v) is 11.0. The highest BCUT2D eigenvalue weighted by Gasteiger charge is 2.84. The van der Waals surface area contributed by atoms with E-state index in [4.69, 9.17) is 18.9 Å². The molecule has 0 unspecified atom stereocenters. The van der Waals surface area contributed by atoms with Crippen LogP contribution < -0.4 is 0 Å². The molecule has 9 nitrogen and oxygen atoms in total. The molecule has 8 atom stereocenters. The topological polar surface area (TPSA) is 122 Å². The molecule has 3 saturated carbocycles. The molecule has 5 aliphatic rings. The van der Waals surface area contributed by atoms with Gasteiger partial charge in [0.05, 0.1) is 5.92 Å². The second-order valence-electron chi connectivity index (χ2n) is 11.0. The molecule has 188 valence electrons. The summed E-state index contributed by atoms with van der Waals surface area (Å²) in [5, 5.41) is 0. The number of hydrogen-bond acceptors (Lipinski definition) is 9. The van der Waals surface area contributed by atoms with E-state index < -0.39 is 63.8 Å². The Bertz CT molecular complexity index is 1110. The zero-order chi connectivity index (χ0) is 25.6. The quantitative estimate of drug-likeness (QED) is 0.327. The second kappa shape index (κ2) is 7.27. The molecule has 4 fully saturated rings. The van der Waals surface area contributed by atoms with Gasteiger partial charge in [-0.15, -0.1) is 0 Å². The molecule has 1 aliphatic heterocycles. The summed E-state index contributed by atoms with van der Waals surface area (Å²) in [6.45, 7) is 9.45. The van der Waals surface area contributed by atoms with E-state index in [0.717, 1.165) is 5.57 Å². The van der Waals surface area contributed by atoms with Gasteiger partial charge in [-0.1, -0.05) is 6.58 Å². The monoisotopic (exact) mass is 486 g/mol. The van der Waals surface area contributed by atoms with E-state index in [-0.39, 0.29) is 18.3 Å². The van der Waals surface area contributed by atoms with E-state index in [9.17, 15) is 24.0 Å². The van der Waals surface area contributed by atoms with Crippen LogP contribution in [0.3, 0.4) is 0 Å². The van der Waals surface area contributed by atoms with Gasteiger partial charge in [-0.25, -0.2) is 0 Å². The molecule has 9 heteroatoms. The van der Waals surface area contributed by atoms with Gasteiger partial charge in [0.25, 0.3) is 0 Å². The van der Waals surface area contributed by atoms with Crippen molar-refractivity contribution < 1.29 is 42.9 Å². The third-order valence-corrected chi connectivity index (χ3v) is 9.10. The van der Waals surface area contributed by atoms with Gasteiger partial charge in [0.15, 0.2) is 5.78 Å². The molecule has 1 heterocycles. The summed E-state index contributed by atoms with van der Waals surface area (Å²) < 4.78 is 23.0. The minimum absolute atomic E-state index is 0.266. The maximum Gasteiger partial charge on any atom is 0.317 e. The molecule has 0 aromatic rings. The smallest absolute Gasteiger partial charge is 0.317 e. The Morgan fingerprint density at radius 3 is 2.51 bits per heavy atom. The van der Waals surface area contributed by atoms with Crippen LogP contribution in [0, 0.1) is 28.6 Å². The predicted octanol–water partition coefficient (Wildman–Crippen LogP) is 2.22. The van der Waals surface area contributed by atoms with Crippen LogP contribution in [-0.4, -0.2) is 53.6 Å². The summed E-state index contributed by atoms with van der Waals surface area (Å²) in [7, 11) is 0. The van der Waals surface area contributed by atoms with Gasteiger partial charge < -0.3 is 18.9 Å². The van der Waals surface area contributed by atoms with E-state index in [1.165, 1.54) is 20.8 Å². The first-order valence-electron chi connectivity index (χ1n) is 12.0. The Hall–Kier alpha value is -2.97. The highest BCUT2D eigenvalue weighted by Crippen LogP contribution is 2.78. The summed E-state index contributed by atoms with van der Waals surface area (Å²) in [5.74, 6) is -4.25. The molecule has 1 saturated heterocycles. The Balaban J connectivity index is 1.67. The van der Waals surface area contributed by atoms with E-state index >= 15 is 0 Å². The van der Waals surface area contributed by atoms with E-state index in [1.807, 2.05) is 0 Å². The standard InChI is InChI=1S/C26H30O9/c1-13-10-24-12-25(13,34-16(4)29)8-6-17(24)26-9-7-18(33-15(3)28)23(5,22(31)35-26)20(26)19(24)21(30)32-11-14(2)27/h7,9,17-20H,1,6,8,10-12H2,2-5H3/t17-,18+,19-,20-,23-,24+,25+,26-/m1/s1. The van der Waals surface area contributed by atoms with Crippen LogP contribution >= 0.6 is 0 Å². The average molecular weight is 487 g/mol. The number of rotatable bonds is 5. The highest BCUT2D eigenvalue weighted by atomic mass is 16.6. The van der Waals surface area contributed by atoms with Gasteiger partial charge in [-0.05, 0) is 62.7 Å². The van der Waals surface area contributed by atoms with Crippen molar-refractivity contribution >= 4 is 29.7 Å². The van der Waals surface area contributed by atoms with Crippen LogP contribution in [0.4, 0.5) is 0 Å². The van der Waals surface area contributed by atoms with Crippen molar-refractivity contribution in [3.63, 3.8) is 0 Å². The number of esters is 4. The van der Waals surface area contributed by atoms with E-state index in [1.54, 1.807) is 19.1 Å². The van der Waals surface area contributed by atoms with Gasteiger partial charge in [0, 0.05) is 25.7 Å². The molecular formula is C26H30O9. The molecule has 5 rings (SSSR count). The van der Waals surface area contributed by atoms with E-state index in [2.05, 4.69) is 6.58 Å². The van der Waals surface area contributed by atoms with Gasteiger partial charge in [-0.2, -0.15) is 0 Å². The molecule has 0 amide bonds. The third kappa shape index (κ3) is 2.90. The zero-order valence-electron chi connectivity index (χ0n) is 20.4. The number of carbonyl (C=O) groups excluding carboxylic acids is 5. The number of ketones is 1. The Kier molecular flexibility index (Phi) is 4.94. The maximum atomic E-state index is 13.8. The molecule has 0 radical (unpaired) electrons. The van der Waals surface area contributed by atoms with Gasteiger partial charge in [-0.3, -0.25) is 24.0 Å². The van der Waals surface area contributed by atoms with Crippen LogP contribution in [0.1, 0.15) is 53.4 Å².